The van der Waals surface area contributed by atoms with Gasteiger partial charge in [-0.15, -0.1) is 0 Å². The number of aryl methyl sites for hydroxylation is 2. The van der Waals surface area contributed by atoms with Crippen LogP contribution in [0.25, 0.3) is 0 Å². The van der Waals surface area contributed by atoms with Gasteiger partial charge in [-0.1, -0.05) is 29.8 Å². The molecule has 1 saturated carbocycles. The van der Waals surface area contributed by atoms with Gasteiger partial charge in [0, 0.05) is 44.3 Å². The molecule has 2 fully saturated rings. The topological polar surface area (TPSA) is 98.4 Å². The summed E-state index contributed by atoms with van der Waals surface area (Å²) in [6, 6.07) is 9.34. The number of sulfonamides is 1. The molecule has 0 unspecified atom stereocenters. The third kappa shape index (κ3) is 5.53. The summed E-state index contributed by atoms with van der Waals surface area (Å²) in [5.74, 6) is 1.00. The van der Waals surface area contributed by atoms with Gasteiger partial charge in [-0.25, -0.2) is 13.4 Å². The molecule has 1 aliphatic carbocycles. The Kier molecular flexibility index (Phi) is 6.45. The van der Waals surface area contributed by atoms with Crippen molar-refractivity contribution in [1.82, 2.24) is 19.6 Å². The Balaban J connectivity index is 1.25. The molecule has 0 bridgehead atoms. The van der Waals surface area contributed by atoms with E-state index in [0.717, 1.165) is 25.1 Å². The second-order valence-corrected chi connectivity index (χ2v) is 10.6. The van der Waals surface area contributed by atoms with Gasteiger partial charge in [0.05, 0.1) is 11.9 Å². The maximum atomic E-state index is 12.3. The molecule has 1 aromatic heterocycles. The largest absolute Gasteiger partial charge is 0.349 e. The number of aromatic nitrogens is 2. The fourth-order valence-electron chi connectivity index (χ4n) is 4.17. The molecule has 2 aliphatic rings. The van der Waals surface area contributed by atoms with Gasteiger partial charge in [0.2, 0.25) is 10.0 Å². The van der Waals surface area contributed by atoms with Gasteiger partial charge in [0.1, 0.15) is 0 Å². The van der Waals surface area contributed by atoms with Crippen molar-refractivity contribution in [2.75, 3.05) is 43.9 Å². The third-order valence-corrected chi connectivity index (χ3v) is 7.45. The molecule has 2 N–H and O–H groups in total. The molecular formula is C22H31N5O3S. The summed E-state index contributed by atoms with van der Waals surface area (Å²) in [5.41, 5.74) is 3.33. The molecule has 9 heteroatoms. The number of hydrogen-bond donors (Lipinski definition) is 2. The summed E-state index contributed by atoms with van der Waals surface area (Å²) in [7, 11) is -3.20. The van der Waals surface area contributed by atoms with Crippen molar-refractivity contribution in [3.05, 3.63) is 57.6 Å². The van der Waals surface area contributed by atoms with Gasteiger partial charge in [-0.2, -0.15) is 4.31 Å². The standard InChI is InChI=1S/C22H31N5O3S/c1-16-5-7-17(8-6-16)19-14-20(19)23-9-3-4-18-15-24-22(28)21(25-18)26-10-12-27(13-11-26)31(2,29)30/h5-8,15,19-20,23H,3-4,9-14H2,1-2H3,(H,24,28)/t19-,20+/m0/s1. The first-order chi connectivity index (χ1) is 14.8. The molecule has 8 nitrogen and oxygen atoms in total. The van der Waals surface area contributed by atoms with Crippen molar-refractivity contribution in [3.8, 4) is 0 Å². The minimum atomic E-state index is -3.20. The normalized spacial score (nSPS) is 21.9. The first-order valence-corrected chi connectivity index (χ1v) is 12.7. The van der Waals surface area contributed by atoms with Crippen LogP contribution >= 0.6 is 0 Å². The Morgan fingerprint density at radius 2 is 1.87 bits per heavy atom. The van der Waals surface area contributed by atoms with Crippen molar-refractivity contribution in [3.63, 3.8) is 0 Å². The molecular weight excluding hydrogens is 414 g/mol. The highest BCUT2D eigenvalue weighted by atomic mass is 32.2. The monoisotopic (exact) mass is 445 g/mol. The smallest absolute Gasteiger partial charge is 0.290 e. The van der Waals surface area contributed by atoms with Crippen molar-refractivity contribution >= 4 is 15.8 Å². The van der Waals surface area contributed by atoms with E-state index in [-0.39, 0.29) is 5.56 Å². The van der Waals surface area contributed by atoms with Crippen LogP contribution in [0, 0.1) is 6.92 Å². The van der Waals surface area contributed by atoms with Crippen LogP contribution in [0.5, 0.6) is 0 Å². The Labute approximate surface area is 183 Å². The molecule has 4 rings (SSSR count). The lowest BCUT2D eigenvalue weighted by molar-refractivity contribution is 0.386. The summed E-state index contributed by atoms with van der Waals surface area (Å²) in [6.07, 6.45) is 5.81. The van der Waals surface area contributed by atoms with E-state index in [1.54, 1.807) is 6.20 Å². The fraction of sp³-hybridized carbons (Fsp3) is 0.545. The van der Waals surface area contributed by atoms with E-state index in [1.807, 2.05) is 4.90 Å². The van der Waals surface area contributed by atoms with Gasteiger partial charge in [-0.05, 0) is 38.3 Å². The van der Waals surface area contributed by atoms with E-state index in [1.165, 1.54) is 28.1 Å². The zero-order valence-electron chi connectivity index (χ0n) is 18.2. The molecule has 0 amide bonds. The lowest BCUT2D eigenvalue weighted by Crippen LogP contribution is -2.49. The van der Waals surface area contributed by atoms with Gasteiger partial charge in [-0.3, -0.25) is 4.79 Å². The zero-order chi connectivity index (χ0) is 22.0. The summed E-state index contributed by atoms with van der Waals surface area (Å²) in [5, 5.41) is 3.63. The van der Waals surface area contributed by atoms with E-state index in [2.05, 4.69) is 46.5 Å². The Bertz CT molecular complexity index is 1060. The average molecular weight is 446 g/mol. The van der Waals surface area contributed by atoms with E-state index in [4.69, 9.17) is 0 Å². The number of aromatic amines is 1. The van der Waals surface area contributed by atoms with Gasteiger partial charge in [0.15, 0.2) is 5.82 Å². The summed E-state index contributed by atoms with van der Waals surface area (Å²) < 4.78 is 24.8. The molecule has 1 aromatic carbocycles. The third-order valence-electron chi connectivity index (χ3n) is 6.14. The quantitative estimate of drug-likeness (QED) is 0.593. The van der Waals surface area contributed by atoms with Crippen LogP contribution in [-0.2, 0) is 16.4 Å². The molecule has 2 aromatic rings. The van der Waals surface area contributed by atoms with Crippen molar-refractivity contribution in [2.24, 2.45) is 0 Å². The maximum Gasteiger partial charge on any atom is 0.290 e. The summed E-state index contributed by atoms with van der Waals surface area (Å²) >= 11 is 0. The lowest BCUT2D eigenvalue weighted by atomic mass is 10.1. The number of anilines is 1. The first-order valence-electron chi connectivity index (χ1n) is 10.9. The Morgan fingerprint density at radius 3 is 2.55 bits per heavy atom. The first kappa shape index (κ1) is 22.0. The second-order valence-electron chi connectivity index (χ2n) is 8.61. The van der Waals surface area contributed by atoms with Gasteiger partial charge >= 0.3 is 0 Å². The van der Waals surface area contributed by atoms with Crippen molar-refractivity contribution in [2.45, 2.75) is 38.1 Å². The molecule has 1 saturated heterocycles. The number of benzene rings is 1. The highest BCUT2D eigenvalue weighted by Gasteiger charge is 2.37. The van der Waals surface area contributed by atoms with Crippen molar-refractivity contribution in [1.29, 1.82) is 0 Å². The van der Waals surface area contributed by atoms with Crippen LogP contribution in [0.3, 0.4) is 0 Å². The van der Waals surface area contributed by atoms with Crippen LogP contribution < -0.4 is 15.8 Å². The van der Waals surface area contributed by atoms with E-state index >= 15 is 0 Å². The predicted molar refractivity (Wildman–Crippen MR) is 122 cm³/mol. The highest BCUT2D eigenvalue weighted by molar-refractivity contribution is 7.88. The lowest BCUT2D eigenvalue weighted by Gasteiger charge is -2.33. The molecule has 31 heavy (non-hydrogen) atoms. The number of H-pyrrole nitrogens is 1. The van der Waals surface area contributed by atoms with Gasteiger partial charge < -0.3 is 15.2 Å². The second kappa shape index (κ2) is 9.10. The number of hydrogen-bond acceptors (Lipinski definition) is 6. The number of piperazine rings is 1. The van der Waals surface area contributed by atoms with E-state index in [0.29, 0.717) is 44.0 Å². The molecule has 1 aliphatic heterocycles. The number of rotatable bonds is 8. The summed E-state index contributed by atoms with van der Waals surface area (Å²) in [4.78, 5) is 21.5. The number of nitrogens with zero attached hydrogens (tertiary/aromatic N) is 3. The zero-order valence-corrected chi connectivity index (χ0v) is 19.0. The Morgan fingerprint density at radius 1 is 1.16 bits per heavy atom. The fourth-order valence-corrected chi connectivity index (χ4v) is 4.99. The molecule has 168 valence electrons. The highest BCUT2D eigenvalue weighted by Crippen LogP contribution is 2.40. The van der Waals surface area contributed by atoms with Gasteiger partial charge in [0.25, 0.3) is 5.56 Å². The molecule has 2 atom stereocenters. The maximum absolute atomic E-state index is 12.3. The van der Waals surface area contributed by atoms with E-state index < -0.39 is 10.0 Å². The van der Waals surface area contributed by atoms with E-state index in [9.17, 15) is 13.2 Å². The SMILES string of the molecule is Cc1ccc([C@@H]2C[C@H]2NCCCc2c[nH]c(=O)c(N3CCN(S(C)(=O)=O)CC3)n2)cc1. The predicted octanol–water partition coefficient (Wildman–Crippen LogP) is 1.24. The van der Waals surface area contributed by atoms with Crippen LogP contribution in [-0.4, -0.2) is 67.7 Å². The molecule has 0 radical (unpaired) electrons. The average Bonchev–Trinajstić information content (AvgIpc) is 3.52. The minimum absolute atomic E-state index is 0.228. The van der Waals surface area contributed by atoms with Crippen LogP contribution in [0.4, 0.5) is 5.82 Å². The van der Waals surface area contributed by atoms with Crippen LogP contribution in [0.1, 0.15) is 35.6 Å². The molecule has 2 heterocycles. The molecule has 0 spiro atoms. The Hall–Kier alpha value is -2.23. The van der Waals surface area contributed by atoms with Crippen LogP contribution in [0.15, 0.2) is 35.3 Å². The van der Waals surface area contributed by atoms with Crippen LogP contribution in [0.2, 0.25) is 0 Å². The number of nitrogens with one attached hydrogen (secondary N) is 2. The van der Waals surface area contributed by atoms with Crippen molar-refractivity contribution < 1.29 is 8.42 Å². The summed E-state index contributed by atoms with van der Waals surface area (Å²) in [6.45, 7) is 4.70. The minimum Gasteiger partial charge on any atom is -0.349 e.